The molecular weight excluding hydrogens is 190 g/mol. The van der Waals surface area contributed by atoms with Gasteiger partial charge in [0.1, 0.15) is 0 Å². The van der Waals surface area contributed by atoms with Crippen molar-refractivity contribution in [2.45, 2.75) is 51.4 Å². The molecule has 1 rings (SSSR count). The first-order valence-electron chi connectivity index (χ1n) is 6.10. The number of rotatable bonds is 7. The molecule has 3 nitrogen and oxygen atoms in total. The molecule has 1 fully saturated rings. The maximum atomic E-state index is 5.34. The molecule has 1 saturated carbocycles. The number of nitrogens with one attached hydrogen (secondary N) is 1. The van der Waals surface area contributed by atoms with E-state index in [0.717, 1.165) is 12.5 Å². The quantitative estimate of drug-likeness (QED) is 0.660. The summed E-state index contributed by atoms with van der Waals surface area (Å²) in [4.78, 5) is 0. The van der Waals surface area contributed by atoms with Gasteiger partial charge in [0, 0.05) is 14.2 Å². The monoisotopic (exact) mass is 215 g/mol. The average Bonchev–Trinajstić information content (AvgIpc) is 2.72. The molecule has 0 amide bonds. The summed E-state index contributed by atoms with van der Waals surface area (Å²) in [5.41, 5.74) is 0. The third-order valence-corrected chi connectivity index (χ3v) is 3.32. The van der Waals surface area contributed by atoms with Crippen molar-refractivity contribution < 1.29 is 9.47 Å². The first-order chi connectivity index (χ1) is 7.31. The zero-order valence-electron chi connectivity index (χ0n) is 10.3. The Morgan fingerprint density at radius 3 is 2.27 bits per heavy atom. The minimum absolute atomic E-state index is 0.106. The van der Waals surface area contributed by atoms with E-state index < -0.39 is 0 Å². The largest absolute Gasteiger partial charge is 0.354 e. The zero-order chi connectivity index (χ0) is 11.1. The van der Waals surface area contributed by atoms with E-state index in [1.165, 1.54) is 32.1 Å². The lowest BCUT2D eigenvalue weighted by Crippen LogP contribution is -2.43. The summed E-state index contributed by atoms with van der Waals surface area (Å²) < 4.78 is 10.7. The first kappa shape index (κ1) is 12.9. The van der Waals surface area contributed by atoms with Crippen molar-refractivity contribution in [2.75, 3.05) is 20.8 Å². The lowest BCUT2D eigenvalue weighted by atomic mass is 9.98. The Labute approximate surface area is 93.5 Å². The van der Waals surface area contributed by atoms with Gasteiger partial charge in [-0.1, -0.05) is 32.6 Å². The summed E-state index contributed by atoms with van der Waals surface area (Å²) in [6.07, 6.45) is 6.62. The van der Waals surface area contributed by atoms with Crippen LogP contribution in [-0.4, -0.2) is 33.1 Å². The van der Waals surface area contributed by atoms with Crippen LogP contribution >= 0.6 is 0 Å². The highest BCUT2D eigenvalue weighted by Crippen LogP contribution is 2.29. The molecular formula is C12H25NO2. The third kappa shape index (κ3) is 4.09. The van der Waals surface area contributed by atoms with Gasteiger partial charge in [0.25, 0.3) is 0 Å². The van der Waals surface area contributed by atoms with Crippen molar-refractivity contribution >= 4 is 0 Å². The van der Waals surface area contributed by atoms with Crippen LogP contribution in [0, 0.1) is 5.92 Å². The molecule has 0 radical (unpaired) electrons. The van der Waals surface area contributed by atoms with Crippen LogP contribution in [0.5, 0.6) is 0 Å². The third-order valence-electron chi connectivity index (χ3n) is 3.32. The van der Waals surface area contributed by atoms with Crippen LogP contribution in [0.4, 0.5) is 0 Å². The normalized spacial score (nSPS) is 20.0. The van der Waals surface area contributed by atoms with E-state index in [1.807, 2.05) is 0 Å². The minimum Gasteiger partial charge on any atom is -0.354 e. The van der Waals surface area contributed by atoms with Gasteiger partial charge in [0.2, 0.25) is 0 Å². The van der Waals surface area contributed by atoms with Crippen LogP contribution in [-0.2, 0) is 9.47 Å². The van der Waals surface area contributed by atoms with Gasteiger partial charge >= 0.3 is 0 Å². The Morgan fingerprint density at radius 2 is 1.80 bits per heavy atom. The minimum atomic E-state index is -0.106. The Balaban J connectivity index is 2.40. The van der Waals surface area contributed by atoms with Crippen LogP contribution in [0.1, 0.15) is 39.0 Å². The van der Waals surface area contributed by atoms with E-state index in [-0.39, 0.29) is 6.29 Å². The van der Waals surface area contributed by atoms with Crippen molar-refractivity contribution in [1.29, 1.82) is 0 Å². The molecule has 1 aliphatic rings. The molecule has 1 N–H and O–H groups in total. The Morgan fingerprint density at radius 1 is 1.20 bits per heavy atom. The summed E-state index contributed by atoms with van der Waals surface area (Å²) in [5.74, 6) is 0.863. The van der Waals surface area contributed by atoms with Gasteiger partial charge in [0.15, 0.2) is 6.29 Å². The molecule has 0 aromatic rings. The summed E-state index contributed by atoms with van der Waals surface area (Å²) in [6, 6.07) is 0.341. The Kier molecular flexibility index (Phi) is 6.22. The van der Waals surface area contributed by atoms with Crippen LogP contribution < -0.4 is 5.32 Å². The van der Waals surface area contributed by atoms with Crippen molar-refractivity contribution in [2.24, 2.45) is 5.92 Å². The maximum Gasteiger partial charge on any atom is 0.171 e. The number of hydrogen-bond acceptors (Lipinski definition) is 3. The molecule has 90 valence electrons. The second kappa shape index (κ2) is 7.20. The van der Waals surface area contributed by atoms with Gasteiger partial charge < -0.3 is 14.8 Å². The van der Waals surface area contributed by atoms with Gasteiger partial charge in [0.05, 0.1) is 6.04 Å². The molecule has 1 atom stereocenters. The van der Waals surface area contributed by atoms with Crippen molar-refractivity contribution in [3.05, 3.63) is 0 Å². The van der Waals surface area contributed by atoms with Gasteiger partial charge in [-0.25, -0.2) is 0 Å². The Bertz CT molecular complexity index is 154. The molecule has 0 spiro atoms. The van der Waals surface area contributed by atoms with E-state index in [0.29, 0.717) is 6.04 Å². The number of methoxy groups -OCH3 is 2. The van der Waals surface area contributed by atoms with Gasteiger partial charge in [-0.3, -0.25) is 0 Å². The van der Waals surface area contributed by atoms with Crippen LogP contribution in [0.3, 0.4) is 0 Å². The maximum absolute atomic E-state index is 5.34. The molecule has 0 aromatic carbocycles. The van der Waals surface area contributed by atoms with E-state index in [9.17, 15) is 0 Å². The molecule has 15 heavy (non-hydrogen) atoms. The Hall–Kier alpha value is -0.120. The van der Waals surface area contributed by atoms with Crippen LogP contribution in [0.2, 0.25) is 0 Å². The van der Waals surface area contributed by atoms with E-state index in [4.69, 9.17) is 9.47 Å². The summed E-state index contributed by atoms with van der Waals surface area (Å²) >= 11 is 0. The molecule has 0 saturated heterocycles. The molecule has 0 aromatic heterocycles. The molecule has 1 aliphatic carbocycles. The fourth-order valence-corrected chi connectivity index (χ4v) is 2.58. The van der Waals surface area contributed by atoms with Crippen molar-refractivity contribution in [1.82, 2.24) is 5.32 Å². The highest BCUT2D eigenvalue weighted by atomic mass is 16.7. The second-order valence-electron chi connectivity index (χ2n) is 4.39. The molecule has 0 heterocycles. The predicted molar refractivity (Wildman–Crippen MR) is 61.8 cm³/mol. The fraction of sp³-hybridized carbons (Fsp3) is 1.00. The van der Waals surface area contributed by atoms with E-state index in [2.05, 4.69) is 12.2 Å². The van der Waals surface area contributed by atoms with E-state index in [1.54, 1.807) is 14.2 Å². The second-order valence-corrected chi connectivity index (χ2v) is 4.39. The standard InChI is InChI=1S/C12H25NO2/c1-4-13-11(12(14-2)15-3)9-10-7-5-6-8-10/h10-13H,4-9H2,1-3H3. The zero-order valence-corrected chi connectivity index (χ0v) is 10.3. The van der Waals surface area contributed by atoms with Gasteiger partial charge in [-0.05, 0) is 18.9 Å². The number of likely N-dealkylation sites (N-methyl/N-ethyl adjacent to an activating group) is 1. The molecule has 0 bridgehead atoms. The predicted octanol–water partition coefficient (Wildman–Crippen LogP) is 2.16. The topological polar surface area (TPSA) is 30.5 Å². The van der Waals surface area contributed by atoms with Crippen LogP contribution in [0.25, 0.3) is 0 Å². The van der Waals surface area contributed by atoms with Crippen molar-refractivity contribution in [3.8, 4) is 0 Å². The summed E-state index contributed by atoms with van der Waals surface area (Å²) in [7, 11) is 3.43. The first-order valence-corrected chi connectivity index (χ1v) is 6.10. The molecule has 1 unspecified atom stereocenters. The highest BCUT2D eigenvalue weighted by molar-refractivity contribution is 4.77. The van der Waals surface area contributed by atoms with E-state index >= 15 is 0 Å². The summed E-state index contributed by atoms with van der Waals surface area (Å²) in [6.45, 7) is 3.10. The van der Waals surface area contributed by atoms with Gasteiger partial charge in [-0.15, -0.1) is 0 Å². The molecule has 3 heteroatoms. The van der Waals surface area contributed by atoms with Gasteiger partial charge in [-0.2, -0.15) is 0 Å². The molecule has 0 aliphatic heterocycles. The van der Waals surface area contributed by atoms with Crippen LogP contribution in [0.15, 0.2) is 0 Å². The lowest BCUT2D eigenvalue weighted by Gasteiger charge is -2.27. The highest BCUT2D eigenvalue weighted by Gasteiger charge is 2.25. The smallest absolute Gasteiger partial charge is 0.171 e. The van der Waals surface area contributed by atoms with Crippen molar-refractivity contribution in [3.63, 3.8) is 0 Å². The SMILES string of the molecule is CCNC(CC1CCCC1)C(OC)OC. The number of ether oxygens (including phenoxy) is 2. The summed E-state index contributed by atoms with van der Waals surface area (Å²) in [5, 5.41) is 3.46. The number of hydrogen-bond donors (Lipinski definition) is 1. The average molecular weight is 215 g/mol. The lowest BCUT2D eigenvalue weighted by molar-refractivity contribution is -0.125. The fourth-order valence-electron chi connectivity index (χ4n) is 2.58.